The van der Waals surface area contributed by atoms with Crippen LogP contribution >= 0.6 is 0 Å². The van der Waals surface area contributed by atoms with Crippen molar-refractivity contribution in [1.82, 2.24) is 0 Å². The summed E-state index contributed by atoms with van der Waals surface area (Å²) in [4.78, 5) is 0. The largest absolute Gasteiger partial charge is 0.379 e. The first-order valence-corrected chi connectivity index (χ1v) is 15.4. The van der Waals surface area contributed by atoms with Gasteiger partial charge in [0.2, 0.25) is 0 Å². The Morgan fingerprint density at radius 2 is 0.328 bits per heavy atom. The molecule has 0 aromatic heterocycles. The summed E-state index contributed by atoms with van der Waals surface area (Å²) in [6.07, 6.45) is 0. The minimum absolute atomic E-state index is 4.28. The van der Waals surface area contributed by atoms with Crippen molar-refractivity contribution in [3.05, 3.63) is 103 Å². The number of fused-ring (bicyclic) bond motifs is 3. The van der Waals surface area contributed by atoms with Crippen molar-refractivity contribution >= 4 is 6.71 Å². The van der Waals surface area contributed by atoms with Gasteiger partial charge in [0, 0.05) is 16.7 Å². The van der Waals surface area contributed by atoms with E-state index in [1.807, 2.05) is 0 Å². The molecule has 0 N–H and O–H groups in total. The SMILES string of the molecule is Fc1c(F)c(F)c2c(c1F)C(F)(F)C(F)(F)C(F)(F)C2(F)B(C1(F)c2c(F)c(F)c(F)c(F)c2C(F)(F)C(F)(F)C1(F)F)C1(F)c2c(F)c(F)c(F)c(F)c2C(F)(F)C(F)(F)C1(F)F. The highest BCUT2D eigenvalue weighted by Crippen LogP contribution is 2.77. The van der Waals surface area contributed by atoms with Crippen LogP contribution in [0.15, 0.2) is 0 Å². The number of rotatable bonds is 3. The molecule has 0 amide bonds. The van der Waals surface area contributed by atoms with Gasteiger partial charge in [-0.15, -0.1) is 0 Å². The Balaban J connectivity index is 2.16. The van der Waals surface area contributed by atoms with Crippen molar-refractivity contribution in [1.29, 1.82) is 0 Å². The fourth-order valence-electron chi connectivity index (χ4n) is 7.82. The summed E-state index contributed by atoms with van der Waals surface area (Å²) in [6, 6.07) is 0. The van der Waals surface area contributed by atoms with Gasteiger partial charge in [0.1, 0.15) is 0 Å². The second-order valence-electron chi connectivity index (χ2n) is 13.8. The van der Waals surface area contributed by atoms with Crippen molar-refractivity contribution in [3.63, 3.8) is 0 Å². The van der Waals surface area contributed by atoms with Crippen molar-refractivity contribution in [3.8, 4) is 0 Å². The van der Waals surface area contributed by atoms with E-state index in [2.05, 4.69) is 0 Å². The first kappa shape index (κ1) is 48.9. The highest BCUT2D eigenvalue weighted by atomic mass is 19.4. The van der Waals surface area contributed by atoms with E-state index >= 15 is 119 Å². The summed E-state index contributed by atoms with van der Waals surface area (Å²) >= 11 is 0. The molecule has 6 rings (SSSR count). The van der Waals surface area contributed by atoms with E-state index in [0.717, 1.165) is 0 Å². The minimum atomic E-state index is -9.41. The van der Waals surface area contributed by atoms with Gasteiger partial charge in [-0.25, -0.2) is 65.9 Å². The van der Waals surface area contributed by atoms with Crippen molar-refractivity contribution in [2.45, 2.75) is 70.0 Å². The molecule has 3 aromatic rings. The topological polar surface area (TPSA) is 0 Å². The van der Waals surface area contributed by atoms with Crippen molar-refractivity contribution < 1.29 is 145 Å². The second kappa shape index (κ2) is 12.4. The number of alkyl halides is 21. The minimum Gasteiger partial charge on any atom is -0.241 e. The van der Waals surface area contributed by atoms with Gasteiger partial charge in [-0.05, 0) is 0 Å². The Bertz CT molecular complexity index is 2320. The molecule has 3 aliphatic rings. The van der Waals surface area contributed by atoms with Gasteiger partial charge in [-0.3, -0.25) is 0 Å². The highest BCUT2D eigenvalue weighted by molar-refractivity contribution is 6.68. The van der Waals surface area contributed by atoms with Crippen LogP contribution in [0.1, 0.15) is 33.4 Å². The number of hydrogen-bond acceptors (Lipinski definition) is 0. The van der Waals surface area contributed by atoms with Crippen LogP contribution < -0.4 is 0 Å². The molecule has 0 bridgehead atoms. The van der Waals surface area contributed by atoms with Gasteiger partial charge in [0.25, 0.3) is 0 Å². The Morgan fingerprint density at radius 1 is 0.188 bits per heavy atom. The molecule has 0 radical (unpaired) electrons. The van der Waals surface area contributed by atoms with E-state index in [1.165, 1.54) is 0 Å². The molecule has 354 valence electrons. The van der Waals surface area contributed by atoms with Gasteiger partial charge in [-0.1, -0.05) is 0 Å². The first-order chi connectivity index (χ1) is 28.3. The van der Waals surface area contributed by atoms with E-state index in [1.54, 1.807) is 0 Å². The van der Waals surface area contributed by atoms with Crippen molar-refractivity contribution in [2.24, 2.45) is 0 Å². The zero-order valence-electron chi connectivity index (χ0n) is 28.1. The van der Waals surface area contributed by atoms with Crippen molar-refractivity contribution in [2.75, 3.05) is 0 Å². The Hall–Kier alpha value is -4.59. The molecule has 0 aliphatic heterocycles. The quantitative estimate of drug-likeness (QED) is 0.106. The maximum atomic E-state index is 18.0. The predicted octanol–water partition coefficient (Wildman–Crippen LogP) is 12.5. The van der Waals surface area contributed by atoms with E-state index in [4.69, 9.17) is 0 Å². The summed E-state index contributed by atoms with van der Waals surface area (Å²) in [7, 11) is 0. The number of benzene rings is 3. The average molecular weight is 998 g/mol. The Kier molecular flexibility index (Phi) is 9.50. The summed E-state index contributed by atoms with van der Waals surface area (Å²) in [6.45, 7) is -8.65. The molecular weight excluding hydrogens is 998 g/mol. The van der Waals surface area contributed by atoms with Gasteiger partial charge in [0.15, 0.2) is 86.5 Å². The standard InChI is InChI=1S/C30BF33/c32-7-1-4(10(35)16(41)13(7)38)22(47,48)28(59,60)25(53,54)19(1,44)31(20(45)2-5(11(36)17(42)14(39)8(2)33)23(49,50)29(61,62)26(20,55)56)21(46)3-6(12(37)18(43)15(40)9(3)34)24(51,52)30(63,64)27(21,57)58. The lowest BCUT2D eigenvalue weighted by Gasteiger charge is -2.59. The second-order valence-corrected chi connectivity index (χ2v) is 13.8. The van der Waals surface area contributed by atoms with Gasteiger partial charge >= 0.3 is 60.0 Å². The van der Waals surface area contributed by atoms with Crippen LogP contribution in [0.5, 0.6) is 0 Å². The van der Waals surface area contributed by atoms with Crippen LogP contribution in [0.3, 0.4) is 0 Å². The summed E-state index contributed by atoms with van der Waals surface area (Å²) in [5.41, 5.74) is -59.4. The summed E-state index contributed by atoms with van der Waals surface area (Å²) < 4.78 is 513. The third-order valence-electron chi connectivity index (χ3n) is 10.8. The molecular formula is C30BF33. The predicted molar refractivity (Wildman–Crippen MR) is 134 cm³/mol. The van der Waals surface area contributed by atoms with E-state index in [0.29, 0.717) is 0 Å². The smallest absolute Gasteiger partial charge is 0.241 e. The van der Waals surface area contributed by atoms with Crippen LogP contribution in [0.25, 0.3) is 0 Å². The van der Waals surface area contributed by atoms with Crippen LogP contribution in [0, 0.1) is 69.8 Å². The monoisotopic (exact) mass is 998 g/mol. The van der Waals surface area contributed by atoms with E-state index < -0.39 is 180 Å². The fourth-order valence-corrected chi connectivity index (χ4v) is 7.82. The van der Waals surface area contributed by atoms with Gasteiger partial charge in [-0.2, -0.15) is 79.0 Å². The highest BCUT2D eigenvalue weighted by Gasteiger charge is 3.01. The van der Waals surface area contributed by atoms with Crippen LogP contribution in [-0.4, -0.2) is 42.2 Å². The zero-order valence-corrected chi connectivity index (χ0v) is 28.1. The summed E-state index contributed by atoms with van der Waals surface area (Å²) in [5, 5.41) is 0. The number of halogens is 33. The normalized spacial score (nSPS) is 29.4. The lowest BCUT2D eigenvalue weighted by Crippen LogP contribution is -2.85. The van der Waals surface area contributed by atoms with Gasteiger partial charge in [0.05, 0.1) is 16.7 Å². The van der Waals surface area contributed by atoms with Crippen LogP contribution in [0.4, 0.5) is 145 Å². The third-order valence-corrected chi connectivity index (χ3v) is 10.8. The third kappa shape index (κ3) is 4.46. The molecule has 3 aliphatic carbocycles. The molecule has 3 unspecified atom stereocenters. The zero-order chi connectivity index (χ0) is 50.0. The van der Waals surface area contributed by atoms with E-state index in [-0.39, 0.29) is 0 Å². The molecule has 0 nitrogen and oxygen atoms in total. The van der Waals surface area contributed by atoms with Crippen LogP contribution in [-0.2, 0) is 34.5 Å². The first-order valence-electron chi connectivity index (χ1n) is 15.4. The number of hydrogen-bond donors (Lipinski definition) is 0. The molecule has 0 saturated heterocycles. The average Bonchev–Trinajstić information content (AvgIpc) is 3.16. The lowest BCUT2D eigenvalue weighted by atomic mass is 9.16. The molecule has 34 heteroatoms. The van der Waals surface area contributed by atoms with Crippen LogP contribution in [0.2, 0.25) is 0 Å². The maximum absolute atomic E-state index is 18.0. The molecule has 64 heavy (non-hydrogen) atoms. The molecule has 0 fully saturated rings. The maximum Gasteiger partial charge on any atom is 0.379 e. The Labute approximate surface area is 325 Å². The molecule has 3 aromatic carbocycles. The molecule has 0 saturated carbocycles. The summed E-state index contributed by atoms with van der Waals surface area (Å²) in [5.74, 6) is -135. The molecule has 0 heterocycles. The fraction of sp³-hybridized carbons (Fsp3) is 0.400. The van der Waals surface area contributed by atoms with E-state index in [9.17, 15) is 26.3 Å². The Morgan fingerprint density at radius 3 is 0.484 bits per heavy atom. The van der Waals surface area contributed by atoms with Gasteiger partial charge < -0.3 is 0 Å². The lowest BCUT2D eigenvalue weighted by molar-refractivity contribution is -0.371. The molecule has 0 spiro atoms. The molecule has 3 atom stereocenters.